The topological polar surface area (TPSA) is 39.7 Å². The second-order valence-electron chi connectivity index (χ2n) is 4.73. The summed E-state index contributed by atoms with van der Waals surface area (Å²) in [5, 5.41) is 3.51. The molecule has 0 saturated carbocycles. The fraction of sp³-hybridized carbons (Fsp3) is 0.571. The lowest BCUT2D eigenvalue weighted by Gasteiger charge is -2.19. The molecule has 0 amide bonds. The summed E-state index contributed by atoms with van der Waals surface area (Å²) >= 11 is 0. The minimum absolute atomic E-state index is 0.328. The van der Waals surface area contributed by atoms with Gasteiger partial charge in [-0.1, -0.05) is 6.92 Å². The highest BCUT2D eigenvalue weighted by Crippen LogP contribution is 2.44. The summed E-state index contributed by atoms with van der Waals surface area (Å²) in [5.41, 5.74) is 1.14. The third-order valence-electron chi connectivity index (χ3n) is 3.46. The van der Waals surface area contributed by atoms with Crippen molar-refractivity contribution in [2.24, 2.45) is 5.92 Å². The maximum Gasteiger partial charge on any atom is 0.203 e. The SMILES string of the molecule is COc1ccc(C2CC(C)CN2)c(OC)c1OC. The van der Waals surface area contributed by atoms with E-state index in [1.54, 1.807) is 21.3 Å². The highest BCUT2D eigenvalue weighted by molar-refractivity contribution is 5.56. The Morgan fingerprint density at radius 2 is 1.78 bits per heavy atom. The van der Waals surface area contributed by atoms with E-state index in [1.807, 2.05) is 6.07 Å². The Kier molecular flexibility index (Phi) is 3.97. The second-order valence-corrected chi connectivity index (χ2v) is 4.73. The molecule has 1 aliphatic heterocycles. The molecule has 1 aromatic carbocycles. The van der Waals surface area contributed by atoms with Gasteiger partial charge in [0.2, 0.25) is 5.75 Å². The van der Waals surface area contributed by atoms with Crippen LogP contribution in [0.15, 0.2) is 12.1 Å². The van der Waals surface area contributed by atoms with E-state index >= 15 is 0 Å². The van der Waals surface area contributed by atoms with Crippen molar-refractivity contribution in [2.45, 2.75) is 19.4 Å². The first-order valence-electron chi connectivity index (χ1n) is 6.23. The molecule has 1 aliphatic rings. The molecule has 2 unspecified atom stereocenters. The van der Waals surface area contributed by atoms with Gasteiger partial charge >= 0.3 is 0 Å². The first kappa shape index (κ1) is 13.0. The number of benzene rings is 1. The van der Waals surface area contributed by atoms with E-state index in [-0.39, 0.29) is 0 Å². The first-order chi connectivity index (χ1) is 8.71. The fourth-order valence-corrected chi connectivity index (χ4v) is 2.55. The zero-order valence-corrected chi connectivity index (χ0v) is 11.4. The third kappa shape index (κ3) is 2.25. The lowest BCUT2D eigenvalue weighted by Crippen LogP contribution is -2.14. The van der Waals surface area contributed by atoms with E-state index in [9.17, 15) is 0 Å². The average Bonchev–Trinajstić information content (AvgIpc) is 2.83. The molecule has 2 rings (SSSR count). The van der Waals surface area contributed by atoms with Crippen molar-refractivity contribution < 1.29 is 14.2 Å². The summed E-state index contributed by atoms with van der Waals surface area (Å²) in [7, 11) is 4.93. The van der Waals surface area contributed by atoms with Crippen LogP contribution < -0.4 is 19.5 Å². The van der Waals surface area contributed by atoms with Crippen LogP contribution in [0.1, 0.15) is 24.9 Å². The normalized spacial score (nSPS) is 22.9. The van der Waals surface area contributed by atoms with Gasteiger partial charge in [0.15, 0.2) is 11.5 Å². The first-order valence-corrected chi connectivity index (χ1v) is 6.23. The van der Waals surface area contributed by atoms with Gasteiger partial charge in [0.25, 0.3) is 0 Å². The number of rotatable bonds is 4. The van der Waals surface area contributed by atoms with Gasteiger partial charge in [0.1, 0.15) is 0 Å². The molecule has 1 fully saturated rings. The Bertz CT molecular complexity index is 420. The number of nitrogens with one attached hydrogen (secondary N) is 1. The zero-order chi connectivity index (χ0) is 13.1. The minimum atomic E-state index is 0.328. The third-order valence-corrected chi connectivity index (χ3v) is 3.46. The summed E-state index contributed by atoms with van der Waals surface area (Å²) < 4.78 is 16.2. The van der Waals surface area contributed by atoms with Crippen molar-refractivity contribution in [1.29, 1.82) is 0 Å². The van der Waals surface area contributed by atoms with E-state index in [0.29, 0.717) is 23.5 Å². The maximum absolute atomic E-state index is 5.51. The molecule has 0 radical (unpaired) electrons. The fourth-order valence-electron chi connectivity index (χ4n) is 2.55. The Hall–Kier alpha value is -1.42. The Balaban J connectivity index is 2.41. The number of hydrogen-bond donors (Lipinski definition) is 1. The lowest BCUT2D eigenvalue weighted by molar-refractivity contribution is 0.320. The number of methoxy groups -OCH3 is 3. The highest BCUT2D eigenvalue weighted by atomic mass is 16.5. The van der Waals surface area contributed by atoms with E-state index in [1.165, 1.54) is 0 Å². The van der Waals surface area contributed by atoms with Crippen molar-refractivity contribution in [2.75, 3.05) is 27.9 Å². The number of ether oxygens (including phenoxy) is 3. The quantitative estimate of drug-likeness (QED) is 0.892. The summed E-state index contributed by atoms with van der Waals surface area (Å²) in [6, 6.07) is 4.31. The van der Waals surface area contributed by atoms with E-state index < -0.39 is 0 Å². The molecule has 0 spiro atoms. The van der Waals surface area contributed by atoms with Crippen LogP contribution in [0.3, 0.4) is 0 Å². The predicted molar refractivity (Wildman–Crippen MR) is 70.6 cm³/mol. The van der Waals surface area contributed by atoms with Crippen molar-refractivity contribution in [3.05, 3.63) is 17.7 Å². The van der Waals surface area contributed by atoms with Gasteiger partial charge in [-0.25, -0.2) is 0 Å². The molecule has 18 heavy (non-hydrogen) atoms. The Morgan fingerprint density at radius 1 is 1.06 bits per heavy atom. The average molecular weight is 251 g/mol. The van der Waals surface area contributed by atoms with Crippen LogP contribution in [0, 0.1) is 5.92 Å². The Morgan fingerprint density at radius 3 is 2.28 bits per heavy atom. The van der Waals surface area contributed by atoms with Gasteiger partial charge in [-0.15, -0.1) is 0 Å². The standard InChI is InChI=1S/C14H21NO3/c1-9-7-11(15-8-9)10-5-6-12(16-2)14(18-4)13(10)17-3/h5-6,9,11,15H,7-8H2,1-4H3. The van der Waals surface area contributed by atoms with Crippen molar-refractivity contribution in [3.8, 4) is 17.2 Å². The maximum atomic E-state index is 5.51. The van der Waals surface area contributed by atoms with Crippen molar-refractivity contribution in [3.63, 3.8) is 0 Å². The van der Waals surface area contributed by atoms with Crippen LogP contribution in [0.25, 0.3) is 0 Å². The van der Waals surface area contributed by atoms with Gasteiger partial charge in [-0.2, -0.15) is 0 Å². The van der Waals surface area contributed by atoms with E-state index in [2.05, 4.69) is 18.3 Å². The van der Waals surface area contributed by atoms with Gasteiger partial charge in [0.05, 0.1) is 21.3 Å². The second kappa shape index (κ2) is 5.48. The molecule has 0 bridgehead atoms. The van der Waals surface area contributed by atoms with Gasteiger partial charge in [0, 0.05) is 11.6 Å². The Labute approximate surface area is 108 Å². The zero-order valence-electron chi connectivity index (χ0n) is 11.4. The summed E-state index contributed by atoms with van der Waals surface area (Å²) in [5.74, 6) is 2.82. The molecule has 1 saturated heterocycles. The van der Waals surface area contributed by atoms with E-state index in [4.69, 9.17) is 14.2 Å². The smallest absolute Gasteiger partial charge is 0.203 e. The summed E-state index contributed by atoms with van der Waals surface area (Å²) in [4.78, 5) is 0. The molecular formula is C14H21NO3. The molecule has 4 nitrogen and oxygen atoms in total. The van der Waals surface area contributed by atoms with Crippen LogP contribution in [-0.2, 0) is 0 Å². The molecule has 0 aliphatic carbocycles. The molecule has 4 heteroatoms. The lowest BCUT2D eigenvalue weighted by atomic mass is 9.99. The van der Waals surface area contributed by atoms with Crippen LogP contribution in [0.4, 0.5) is 0 Å². The molecule has 1 heterocycles. The van der Waals surface area contributed by atoms with Gasteiger partial charge in [-0.3, -0.25) is 0 Å². The largest absolute Gasteiger partial charge is 0.493 e. The molecule has 100 valence electrons. The monoisotopic (exact) mass is 251 g/mol. The highest BCUT2D eigenvalue weighted by Gasteiger charge is 2.27. The van der Waals surface area contributed by atoms with Crippen molar-refractivity contribution >= 4 is 0 Å². The van der Waals surface area contributed by atoms with Crippen LogP contribution in [0.5, 0.6) is 17.2 Å². The van der Waals surface area contributed by atoms with Gasteiger partial charge in [-0.05, 0) is 31.0 Å². The van der Waals surface area contributed by atoms with Gasteiger partial charge < -0.3 is 19.5 Å². The van der Waals surface area contributed by atoms with Crippen molar-refractivity contribution in [1.82, 2.24) is 5.32 Å². The molecule has 0 aromatic heterocycles. The van der Waals surface area contributed by atoms with Crippen LogP contribution in [0.2, 0.25) is 0 Å². The summed E-state index contributed by atoms with van der Waals surface area (Å²) in [6.45, 7) is 3.29. The van der Waals surface area contributed by atoms with Crippen LogP contribution in [-0.4, -0.2) is 27.9 Å². The minimum Gasteiger partial charge on any atom is -0.493 e. The molecule has 1 aromatic rings. The summed E-state index contributed by atoms with van der Waals surface area (Å²) in [6.07, 6.45) is 1.12. The van der Waals surface area contributed by atoms with E-state index in [0.717, 1.165) is 24.3 Å². The number of hydrogen-bond acceptors (Lipinski definition) is 4. The predicted octanol–water partition coefficient (Wildman–Crippen LogP) is 2.38. The molecular weight excluding hydrogens is 230 g/mol. The molecule has 1 N–H and O–H groups in total. The van der Waals surface area contributed by atoms with Crippen LogP contribution >= 0.6 is 0 Å². The molecule has 2 atom stereocenters.